The number of esters is 1. The first-order valence-electron chi connectivity index (χ1n) is 7.30. The number of nitrogens with one attached hydrogen (secondary N) is 2. The van der Waals surface area contributed by atoms with E-state index in [1.165, 1.54) is 7.11 Å². The highest BCUT2D eigenvalue weighted by Gasteiger charge is 2.35. The lowest BCUT2D eigenvalue weighted by Crippen LogP contribution is -2.25. The molecule has 0 radical (unpaired) electrons. The average Bonchev–Trinajstić information content (AvgIpc) is 2.97. The molecule has 23 heavy (non-hydrogen) atoms. The summed E-state index contributed by atoms with van der Waals surface area (Å²) in [6.45, 7) is 3.99. The van der Waals surface area contributed by atoms with Gasteiger partial charge in [0.1, 0.15) is 11.5 Å². The highest BCUT2D eigenvalue weighted by Crippen LogP contribution is 2.37. The number of carbonyl (C=O) groups is 2. The molecule has 3 rings (SSSR count). The van der Waals surface area contributed by atoms with Gasteiger partial charge < -0.3 is 10.1 Å². The van der Waals surface area contributed by atoms with Crippen molar-refractivity contribution >= 4 is 17.7 Å². The number of hydrogen-bond donors (Lipinski definition) is 2. The van der Waals surface area contributed by atoms with E-state index in [2.05, 4.69) is 25.5 Å². The largest absolute Gasteiger partial charge is 0.464 e. The fourth-order valence-corrected chi connectivity index (χ4v) is 2.63. The number of amides is 1. The van der Waals surface area contributed by atoms with E-state index in [0.717, 1.165) is 0 Å². The number of aromatic nitrogens is 4. The molecule has 0 aliphatic carbocycles. The second kappa shape index (κ2) is 5.79. The number of rotatable bonds is 3. The number of methoxy groups -OCH3 is 1. The van der Waals surface area contributed by atoms with Crippen LogP contribution >= 0.6 is 0 Å². The first-order valence-corrected chi connectivity index (χ1v) is 7.30. The monoisotopic (exact) mass is 315 g/mol. The standard InChI is InChI=1S/C15H17N5O3/c1-7(2)13-16-5-4-9(17-13)8-6-10(21)18-14-11(8)12(19-20-14)15(22)23-3/h4-5,7-8H,6H2,1-3H3,(H2,18,19,20,21)/t8-/m1/s1. The number of carbonyl (C=O) groups excluding carboxylic acids is 2. The van der Waals surface area contributed by atoms with Gasteiger partial charge >= 0.3 is 5.97 Å². The Labute approximate surface area is 132 Å². The summed E-state index contributed by atoms with van der Waals surface area (Å²) >= 11 is 0. The fraction of sp³-hybridized carbons (Fsp3) is 0.400. The molecule has 1 amide bonds. The van der Waals surface area contributed by atoms with Crippen LogP contribution in [0.2, 0.25) is 0 Å². The Morgan fingerprint density at radius 2 is 2.22 bits per heavy atom. The molecule has 120 valence electrons. The summed E-state index contributed by atoms with van der Waals surface area (Å²) < 4.78 is 4.78. The molecule has 2 N–H and O–H groups in total. The Hall–Kier alpha value is -2.77. The molecule has 0 spiro atoms. The summed E-state index contributed by atoms with van der Waals surface area (Å²) in [5.74, 6) is 0.131. The second-order valence-electron chi connectivity index (χ2n) is 5.65. The quantitative estimate of drug-likeness (QED) is 0.832. The Balaban J connectivity index is 2.11. The average molecular weight is 315 g/mol. The van der Waals surface area contributed by atoms with Crippen LogP contribution in [0.1, 0.15) is 59.7 Å². The lowest BCUT2D eigenvalue weighted by atomic mass is 9.88. The Bertz CT molecular complexity index is 768. The van der Waals surface area contributed by atoms with Gasteiger partial charge in [0.15, 0.2) is 5.82 Å². The second-order valence-corrected chi connectivity index (χ2v) is 5.65. The van der Waals surface area contributed by atoms with Crippen LogP contribution in [0.3, 0.4) is 0 Å². The molecule has 8 heteroatoms. The zero-order valence-electron chi connectivity index (χ0n) is 13.1. The van der Waals surface area contributed by atoms with Gasteiger partial charge in [-0.3, -0.25) is 9.89 Å². The van der Waals surface area contributed by atoms with Gasteiger partial charge in [-0.25, -0.2) is 14.8 Å². The van der Waals surface area contributed by atoms with Gasteiger partial charge in [0.2, 0.25) is 5.91 Å². The third kappa shape index (κ3) is 2.67. The minimum absolute atomic E-state index is 0.163. The van der Waals surface area contributed by atoms with E-state index in [1.807, 2.05) is 13.8 Å². The van der Waals surface area contributed by atoms with Crippen LogP contribution in [0.25, 0.3) is 0 Å². The lowest BCUT2D eigenvalue weighted by Gasteiger charge is -2.22. The van der Waals surface area contributed by atoms with Gasteiger partial charge in [0.05, 0.1) is 12.8 Å². The molecule has 3 heterocycles. The normalized spacial score (nSPS) is 16.9. The number of ether oxygens (including phenoxy) is 1. The maximum absolute atomic E-state index is 12.0. The van der Waals surface area contributed by atoms with Crippen molar-refractivity contribution in [2.75, 3.05) is 12.4 Å². The molecule has 0 aromatic carbocycles. The van der Waals surface area contributed by atoms with Crippen molar-refractivity contribution in [1.82, 2.24) is 20.2 Å². The summed E-state index contributed by atoms with van der Waals surface area (Å²) in [4.78, 5) is 32.7. The van der Waals surface area contributed by atoms with Crippen molar-refractivity contribution in [2.45, 2.75) is 32.1 Å². The third-order valence-electron chi connectivity index (χ3n) is 3.76. The van der Waals surface area contributed by atoms with Crippen LogP contribution in [-0.2, 0) is 9.53 Å². The highest BCUT2D eigenvalue weighted by atomic mass is 16.5. The summed E-state index contributed by atoms with van der Waals surface area (Å²) in [6, 6.07) is 1.76. The van der Waals surface area contributed by atoms with E-state index in [9.17, 15) is 9.59 Å². The van der Waals surface area contributed by atoms with E-state index >= 15 is 0 Å². The molecule has 0 bridgehead atoms. The third-order valence-corrected chi connectivity index (χ3v) is 3.76. The Kier molecular flexibility index (Phi) is 3.81. The molecule has 0 unspecified atom stereocenters. The van der Waals surface area contributed by atoms with E-state index in [4.69, 9.17) is 4.74 Å². The van der Waals surface area contributed by atoms with Gasteiger partial charge in [-0.15, -0.1) is 0 Å². The molecule has 1 aliphatic rings. The van der Waals surface area contributed by atoms with Crippen LogP contribution in [-0.4, -0.2) is 39.2 Å². The topological polar surface area (TPSA) is 110 Å². The molecule has 0 fully saturated rings. The number of nitrogens with zero attached hydrogens (tertiary/aromatic N) is 3. The number of hydrogen-bond acceptors (Lipinski definition) is 6. The molecule has 1 atom stereocenters. The smallest absolute Gasteiger partial charge is 0.356 e. The van der Waals surface area contributed by atoms with Crippen molar-refractivity contribution in [2.24, 2.45) is 0 Å². The number of anilines is 1. The lowest BCUT2D eigenvalue weighted by molar-refractivity contribution is -0.116. The molecular weight excluding hydrogens is 298 g/mol. The molecule has 2 aromatic rings. The van der Waals surface area contributed by atoms with Gasteiger partial charge in [0.25, 0.3) is 0 Å². The van der Waals surface area contributed by atoms with E-state index in [0.29, 0.717) is 22.9 Å². The molecule has 8 nitrogen and oxygen atoms in total. The maximum Gasteiger partial charge on any atom is 0.356 e. The van der Waals surface area contributed by atoms with Crippen LogP contribution in [0.4, 0.5) is 5.82 Å². The first-order chi connectivity index (χ1) is 11.0. The molecule has 2 aromatic heterocycles. The summed E-state index contributed by atoms with van der Waals surface area (Å²) in [5.41, 5.74) is 1.52. The van der Waals surface area contributed by atoms with Crippen molar-refractivity contribution in [3.8, 4) is 0 Å². The van der Waals surface area contributed by atoms with Crippen molar-refractivity contribution < 1.29 is 14.3 Å². The zero-order valence-corrected chi connectivity index (χ0v) is 13.1. The highest BCUT2D eigenvalue weighted by molar-refractivity contribution is 5.98. The summed E-state index contributed by atoms with van der Waals surface area (Å²) in [5, 5.41) is 9.31. The Morgan fingerprint density at radius 3 is 2.91 bits per heavy atom. The van der Waals surface area contributed by atoms with Gasteiger partial charge in [-0.1, -0.05) is 13.8 Å². The van der Waals surface area contributed by atoms with Gasteiger partial charge in [-0.05, 0) is 6.07 Å². The minimum Gasteiger partial charge on any atom is -0.464 e. The fourth-order valence-electron chi connectivity index (χ4n) is 2.63. The summed E-state index contributed by atoms with van der Waals surface area (Å²) in [7, 11) is 1.30. The van der Waals surface area contributed by atoms with Crippen molar-refractivity contribution in [3.63, 3.8) is 0 Å². The summed E-state index contributed by atoms with van der Waals surface area (Å²) in [6.07, 6.45) is 1.85. The first kappa shape index (κ1) is 15.1. The molecule has 0 saturated heterocycles. The van der Waals surface area contributed by atoms with Crippen molar-refractivity contribution in [1.29, 1.82) is 0 Å². The van der Waals surface area contributed by atoms with Gasteiger partial charge in [0, 0.05) is 30.0 Å². The predicted molar refractivity (Wildman–Crippen MR) is 81.1 cm³/mol. The predicted octanol–water partition coefficient (Wildman–Crippen LogP) is 1.58. The van der Waals surface area contributed by atoms with E-state index in [-0.39, 0.29) is 29.9 Å². The molecular formula is C15H17N5O3. The van der Waals surface area contributed by atoms with E-state index < -0.39 is 5.97 Å². The Morgan fingerprint density at radius 1 is 1.43 bits per heavy atom. The van der Waals surface area contributed by atoms with Crippen LogP contribution < -0.4 is 5.32 Å². The van der Waals surface area contributed by atoms with Gasteiger partial charge in [-0.2, -0.15) is 5.10 Å². The number of H-pyrrole nitrogens is 1. The SMILES string of the molecule is COC(=O)c1[nH]nc2c1[C@@H](c1ccnc(C(C)C)n1)CC(=O)N2. The molecule has 0 saturated carbocycles. The number of fused-ring (bicyclic) bond motifs is 1. The van der Waals surface area contributed by atoms with Crippen LogP contribution in [0.15, 0.2) is 12.3 Å². The van der Waals surface area contributed by atoms with Crippen LogP contribution in [0, 0.1) is 0 Å². The number of aromatic amines is 1. The van der Waals surface area contributed by atoms with Crippen LogP contribution in [0.5, 0.6) is 0 Å². The maximum atomic E-state index is 12.0. The zero-order chi connectivity index (χ0) is 16.6. The van der Waals surface area contributed by atoms with E-state index in [1.54, 1.807) is 12.3 Å². The minimum atomic E-state index is -0.530. The van der Waals surface area contributed by atoms with Crippen molar-refractivity contribution in [3.05, 3.63) is 35.0 Å². The molecule has 1 aliphatic heterocycles.